The summed E-state index contributed by atoms with van der Waals surface area (Å²) in [7, 11) is 0. The standard InChI is InChI=1S/C12H10.C7H9N/c1-3-7-11(8-4-1)12-9-5-2-6-10-12;1-2-7-3-5-8-6-4-7/h1-10H;3-6H,2H2,1H3. The van der Waals surface area contributed by atoms with E-state index in [1.807, 2.05) is 36.7 Å². The maximum Gasteiger partial charge on any atom is 0.0270 e. The predicted octanol–water partition coefficient (Wildman–Crippen LogP) is 5.00. The first-order valence-electron chi connectivity index (χ1n) is 6.89. The summed E-state index contributed by atoms with van der Waals surface area (Å²) in [6.07, 6.45) is 4.74. The minimum absolute atomic E-state index is 1.10. The molecule has 1 aromatic heterocycles. The zero-order chi connectivity index (χ0) is 14.0. The Balaban J connectivity index is 0.000000160. The van der Waals surface area contributed by atoms with Crippen LogP contribution in [0.4, 0.5) is 0 Å². The van der Waals surface area contributed by atoms with Gasteiger partial charge in [-0.1, -0.05) is 67.6 Å². The molecular formula is C19H19N. The van der Waals surface area contributed by atoms with Gasteiger partial charge in [-0.25, -0.2) is 0 Å². The molecule has 0 fully saturated rings. The third-order valence-electron chi connectivity index (χ3n) is 3.04. The van der Waals surface area contributed by atoms with Crippen molar-refractivity contribution >= 4 is 0 Å². The number of nitrogens with zero attached hydrogens (tertiary/aromatic N) is 1. The second-order valence-electron chi connectivity index (χ2n) is 4.44. The Kier molecular flexibility index (Phi) is 5.53. The van der Waals surface area contributed by atoms with Gasteiger partial charge < -0.3 is 0 Å². The fourth-order valence-electron chi connectivity index (χ4n) is 1.88. The van der Waals surface area contributed by atoms with Crippen LogP contribution in [0.5, 0.6) is 0 Å². The van der Waals surface area contributed by atoms with Gasteiger partial charge in [0.15, 0.2) is 0 Å². The molecule has 20 heavy (non-hydrogen) atoms. The van der Waals surface area contributed by atoms with Gasteiger partial charge in [0.1, 0.15) is 0 Å². The molecule has 1 nitrogen and oxygen atoms in total. The molecular weight excluding hydrogens is 242 g/mol. The minimum Gasteiger partial charge on any atom is -0.265 e. The molecule has 3 rings (SSSR count). The van der Waals surface area contributed by atoms with Crippen molar-refractivity contribution in [2.45, 2.75) is 13.3 Å². The average Bonchev–Trinajstić information content (AvgIpc) is 2.58. The van der Waals surface area contributed by atoms with Crippen molar-refractivity contribution in [2.24, 2.45) is 0 Å². The van der Waals surface area contributed by atoms with Crippen LogP contribution >= 0.6 is 0 Å². The van der Waals surface area contributed by atoms with Crippen molar-refractivity contribution in [3.8, 4) is 11.1 Å². The van der Waals surface area contributed by atoms with Crippen LogP contribution in [-0.2, 0) is 6.42 Å². The highest BCUT2D eigenvalue weighted by Gasteiger charge is 1.91. The molecule has 0 aliphatic carbocycles. The number of hydrogen-bond donors (Lipinski definition) is 0. The molecule has 0 bridgehead atoms. The van der Waals surface area contributed by atoms with Crippen molar-refractivity contribution in [1.29, 1.82) is 0 Å². The lowest BCUT2D eigenvalue weighted by molar-refractivity contribution is 1.12. The van der Waals surface area contributed by atoms with Gasteiger partial charge in [0.05, 0.1) is 0 Å². The van der Waals surface area contributed by atoms with E-state index < -0.39 is 0 Å². The molecule has 3 aromatic rings. The van der Waals surface area contributed by atoms with Crippen LogP contribution in [0.25, 0.3) is 11.1 Å². The first kappa shape index (κ1) is 14.0. The van der Waals surface area contributed by atoms with Crippen LogP contribution < -0.4 is 0 Å². The SMILES string of the molecule is CCc1ccncc1.c1ccc(-c2ccccc2)cc1. The highest BCUT2D eigenvalue weighted by atomic mass is 14.6. The molecule has 0 unspecified atom stereocenters. The lowest BCUT2D eigenvalue weighted by atomic mass is 10.1. The first-order valence-corrected chi connectivity index (χ1v) is 6.89. The van der Waals surface area contributed by atoms with Gasteiger partial charge in [-0.15, -0.1) is 0 Å². The van der Waals surface area contributed by atoms with Crippen LogP contribution in [0.3, 0.4) is 0 Å². The van der Waals surface area contributed by atoms with E-state index >= 15 is 0 Å². The molecule has 0 saturated heterocycles. The van der Waals surface area contributed by atoms with Crippen LogP contribution in [0.1, 0.15) is 12.5 Å². The van der Waals surface area contributed by atoms with E-state index in [0.29, 0.717) is 0 Å². The molecule has 0 aliphatic heterocycles. The predicted molar refractivity (Wildman–Crippen MR) is 85.5 cm³/mol. The Morgan fingerprint density at radius 1 is 0.650 bits per heavy atom. The molecule has 2 aromatic carbocycles. The molecule has 0 amide bonds. The van der Waals surface area contributed by atoms with Crippen molar-refractivity contribution in [3.05, 3.63) is 90.8 Å². The first-order chi connectivity index (χ1) is 9.90. The van der Waals surface area contributed by atoms with Gasteiger partial charge in [-0.2, -0.15) is 0 Å². The summed E-state index contributed by atoms with van der Waals surface area (Å²) >= 11 is 0. The number of rotatable bonds is 2. The minimum atomic E-state index is 1.10. The highest BCUT2D eigenvalue weighted by Crippen LogP contribution is 2.17. The van der Waals surface area contributed by atoms with E-state index in [9.17, 15) is 0 Å². The highest BCUT2D eigenvalue weighted by molar-refractivity contribution is 5.62. The smallest absolute Gasteiger partial charge is 0.0270 e. The zero-order valence-corrected chi connectivity index (χ0v) is 11.7. The Bertz CT molecular complexity index is 551. The normalized spacial score (nSPS) is 9.45. The lowest BCUT2D eigenvalue weighted by Gasteiger charge is -1.98. The molecule has 100 valence electrons. The van der Waals surface area contributed by atoms with Crippen molar-refractivity contribution in [3.63, 3.8) is 0 Å². The average molecular weight is 261 g/mol. The van der Waals surface area contributed by atoms with E-state index in [0.717, 1.165) is 6.42 Å². The largest absolute Gasteiger partial charge is 0.265 e. The van der Waals surface area contributed by atoms with E-state index in [4.69, 9.17) is 0 Å². The van der Waals surface area contributed by atoms with Gasteiger partial charge in [-0.3, -0.25) is 4.98 Å². The van der Waals surface area contributed by atoms with E-state index in [2.05, 4.69) is 60.4 Å². The fourth-order valence-corrected chi connectivity index (χ4v) is 1.88. The third-order valence-corrected chi connectivity index (χ3v) is 3.04. The van der Waals surface area contributed by atoms with Crippen LogP contribution in [0, 0.1) is 0 Å². The number of pyridine rings is 1. The van der Waals surface area contributed by atoms with Gasteiger partial charge >= 0.3 is 0 Å². The van der Waals surface area contributed by atoms with Crippen molar-refractivity contribution < 1.29 is 0 Å². The maximum absolute atomic E-state index is 3.89. The second kappa shape index (κ2) is 7.90. The number of aryl methyl sites for hydroxylation is 1. The summed E-state index contributed by atoms with van der Waals surface area (Å²) in [5, 5.41) is 0. The Labute approximate surface area is 121 Å². The molecule has 0 radical (unpaired) electrons. The number of hydrogen-bond acceptors (Lipinski definition) is 1. The van der Waals surface area contributed by atoms with E-state index in [1.54, 1.807) is 0 Å². The third kappa shape index (κ3) is 4.36. The Morgan fingerprint density at radius 3 is 1.45 bits per heavy atom. The second-order valence-corrected chi connectivity index (χ2v) is 4.44. The summed E-state index contributed by atoms with van der Waals surface area (Å²) in [6, 6.07) is 24.8. The maximum atomic E-state index is 3.89. The van der Waals surface area contributed by atoms with Crippen LogP contribution in [0.2, 0.25) is 0 Å². The summed E-state index contributed by atoms with van der Waals surface area (Å²) in [5.41, 5.74) is 3.90. The Hall–Kier alpha value is -2.41. The lowest BCUT2D eigenvalue weighted by Crippen LogP contribution is -1.76. The molecule has 0 aliphatic rings. The summed E-state index contributed by atoms with van der Waals surface area (Å²) < 4.78 is 0. The van der Waals surface area contributed by atoms with Gasteiger partial charge in [0.2, 0.25) is 0 Å². The van der Waals surface area contributed by atoms with E-state index in [1.165, 1.54) is 16.7 Å². The monoisotopic (exact) mass is 261 g/mol. The molecule has 0 saturated carbocycles. The molecule has 1 heteroatoms. The quantitative estimate of drug-likeness (QED) is 0.632. The van der Waals surface area contributed by atoms with Crippen LogP contribution in [-0.4, -0.2) is 4.98 Å². The summed E-state index contributed by atoms with van der Waals surface area (Å²) in [4.78, 5) is 3.89. The zero-order valence-electron chi connectivity index (χ0n) is 11.7. The molecule has 0 N–H and O–H groups in total. The van der Waals surface area contributed by atoms with Gasteiger partial charge in [0.25, 0.3) is 0 Å². The van der Waals surface area contributed by atoms with Crippen LogP contribution in [0.15, 0.2) is 85.2 Å². The summed E-state index contributed by atoms with van der Waals surface area (Å²) in [5.74, 6) is 0. The van der Waals surface area contributed by atoms with Gasteiger partial charge in [0, 0.05) is 12.4 Å². The molecule has 0 atom stereocenters. The molecule has 0 spiro atoms. The topological polar surface area (TPSA) is 12.9 Å². The van der Waals surface area contributed by atoms with Crippen molar-refractivity contribution in [1.82, 2.24) is 4.98 Å². The Morgan fingerprint density at radius 2 is 1.10 bits per heavy atom. The van der Waals surface area contributed by atoms with Gasteiger partial charge in [-0.05, 0) is 35.2 Å². The number of benzene rings is 2. The number of aromatic nitrogens is 1. The fraction of sp³-hybridized carbons (Fsp3) is 0.105. The van der Waals surface area contributed by atoms with E-state index in [-0.39, 0.29) is 0 Å². The van der Waals surface area contributed by atoms with Crippen molar-refractivity contribution in [2.75, 3.05) is 0 Å². The molecule has 1 heterocycles. The summed E-state index contributed by atoms with van der Waals surface area (Å²) in [6.45, 7) is 2.13.